The number of anilines is 2. The van der Waals surface area contributed by atoms with Crippen LogP contribution in [0.2, 0.25) is 0 Å². The fourth-order valence-corrected chi connectivity index (χ4v) is 2.52. The first-order valence-corrected chi connectivity index (χ1v) is 5.51. The van der Waals surface area contributed by atoms with Crippen molar-refractivity contribution in [3.8, 4) is 0 Å². The van der Waals surface area contributed by atoms with Crippen LogP contribution >= 0.6 is 11.8 Å². The van der Waals surface area contributed by atoms with Crippen LogP contribution in [0.4, 0.5) is 11.4 Å². The van der Waals surface area contributed by atoms with Crippen LogP contribution in [-0.2, 0) is 0 Å². The Morgan fingerprint density at radius 2 is 2.38 bits per heavy atom. The third-order valence-electron chi connectivity index (χ3n) is 2.20. The lowest BCUT2D eigenvalue weighted by atomic mass is 10.2. The molecule has 2 rings (SSSR count). The van der Waals surface area contributed by atoms with Gasteiger partial charge in [0.25, 0.3) is 0 Å². The van der Waals surface area contributed by atoms with Crippen molar-refractivity contribution in [1.82, 2.24) is 0 Å². The monoisotopic (exact) mass is 194 g/mol. The minimum absolute atomic E-state index is 0.705. The van der Waals surface area contributed by atoms with Gasteiger partial charge >= 0.3 is 0 Å². The SMILES string of the molecule is CC1CNc2cccc(N)c2SC1. The zero-order chi connectivity index (χ0) is 9.26. The van der Waals surface area contributed by atoms with Crippen molar-refractivity contribution >= 4 is 23.1 Å². The molecule has 1 atom stereocenters. The van der Waals surface area contributed by atoms with E-state index in [1.807, 2.05) is 23.9 Å². The summed E-state index contributed by atoms with van der Waals surface area (Å²) >= 11 is 1.86. The molecule has 2 nitrogen and oxygen atoms in total. The zero-order valence-corrected chi connectivity index (χ0v) is 8.53. The first kappa shape index (κ1) is 8.75. The maximum atomic E-state index is 5.90. The maximum Gasteiger partial charge on any atom is 0.0534 e. The van der Waals surface area contributed by atoms with Crippen LogP contribution in [0.5, 0.6) is 0 Å². The van der Waals surface area contributed by atoms with Crippen molar-refractivity contribution in [2.24, 2.45) is 5.92 Å². The number of thioether (sulfide) groups is 1. The summed E-state index contributed by atoms with van der Waals surface area (Å²) in [6.07, 6.45) is 0. The van der Waals surface area contributed by atoms with E-state index in [4.69, 9.17) is 5.73 Å². The topological polar surface area (TPSA) is 38.0 Å². The standard InChI is InChI=1S/C10H14N2S/c1-7-5-12-9-4-2-3-8(11)10(9)13-6-7/h2-4,7,12H,5-6,11H2,1H3. The third-order valence-corrected chi connectivity index (χ3v) is 3.68. The molecular weight excluding hydrogens is 180 g/mol. The summed E-state index contributed by atoms with van der Waals surface area (Å²) in [7, 11) is 0. The van der Waals surface area contributed by atoms with E-state index in [1.54, 1.807) is 0 Å². The van der Waals surface area contributed by atoms with E-state index in [9.17, 15) is 0 Å². The highest BCUT2D eigenvalue weighted by Crippen LogP contribution is 2.36. The zero-order valence-electron chi connectivity index (χ0n) is 7.71. The predicted octanol–water partition coefficient (Wildman–Crippen LogP) is 2.42. The normalized spacial score (nSPS) is 21.5. The van der Waals surface area contributed by atoms with Gasteiger partial charge in [-0.25, -0.2) is 0 Å². The Hall–Kier alpha value is -0.830. The number of benzene rings is 1. The van der Waals surface area contributed by atoms with Gasteiger partial charge < -0.3 is 11.1 Å². The maximum absolute atomic E-state index is 5.90. The minimum atomic E-state index is 0.705. The van der Waals surface area contributed by atoms with Gasteiger partial charge in [0.05, 0.1) is 4.90 Å². The lowest BCUT2D eigenvalue weighted by Gasteiger charge is -2.08. The number of hydrogen-bond donors (Lipinski definition) is 2. The van der Waals surface area contributed by atoms with Crippen molar-refractivity contribution in [2.45, 2.75) is 11.8 Å². The highest BCUT2D eigenvalue weighted by atomic mass is 32.2. The Morgan fingerprint density at radius 3 is 3.23 bits per heavy atom. The lowest BCUT2D eigenvalue weighted by Crippen LogP contribution is -2.10. The van der Waals surface area contributed by atoms with E-state index in [1.165, 1.54) is 10.6 Å². The van der Waals surface area contributed by atoms with Crippen molar-refractivity contribution in [3.05, 3.63) is 18.2 Å². The minimum Gasteiger partial charge on any atom is -0.398 e. The Kier molecular flexibility index (Phi) is 2.36. The molecule has 70 valence electrons. The highest BCUT2D eigenvalue weighted by Gasteiger charge is 2.13. The van der Waals surface area contributed by atoms with Gasteiger partial charge in [0, 0.05) is 23.7 Å². The quantitative estimate of drug-likeness (QED) is 0.623. The molecule has 0 radical (unpaired) electrons. The van der Waals surface area contributed by atoms with E-state index >= 15 is 0 Å². The summed E-state index contributed by atoms with van der Waals surface area (Å²) in [5, 5.41) is 3.41. The molecule has 1 unspecified atom stereocenters. The Labute approximate surface area is 82.9 Å². The molecule has 0 amide bonds. The summed E-state index contributed by atoms with van der Waals surface area (Å²) in [5.74, 6) is 1.85. The number of nitrogen functional groups attached to an aromatic ring is 1. The second-order valence-electron chi connectivity index (χ2n) is 3.52. The van der Waals surface area contributed by atoms with E-state index in [2.05, 4.69) is 18.3 Å². The van der Waals surface area contributed by atoms with Crippen LogP contribution in [0.3, 0.4) is 0 Å². The molecule has 0 aliphatic carbocycles. The predicted molar refractivity (Wildman–Crippen MR) is 59.2 cm³/mol. The van der Waals surface area contributed by atoms with Crippen molar-refractivity contribution in [2.75, 3.05) is 23.3 Å². The first-order chi connectivity index (χ1) is 6.27. The fourth-order valence-electron chi connectivity index (χ4n) is 1.42. The van der Waals surface area contributed by atoms with Crippen LogP contribution in [0.1, 0.15) is 6.92 Å². The average Bonchev–Trinajstić information content (AvgIpc) is 2.30. The van der Waals surface area contributed by atoms with E-state index in [0.717, 1.165) is 18.0 Å². The molecule has 1 heterocycles. The molecule has 13 heavy (non-hydrogen) atoms. The Balaban J connectivity index is 2.35. The number of fused-ring (bicyclic) bond motifs is 1. The molecule has 1 aromatic rings. The molecule has 3 heteroatoms. The van der Waals surface area contributed by atoms with Gasteiger partial charge in [0.2, 0.25) is 0 Å². The van der Waals surface area contributed by atoms with Gasteiger partial charge in [-0.1, -0.05) is 13.0 Å². The van der Waals surface area contributed by atoms with Crippen molar-refractivity contribution in [3.63, 3.8) is 0 Å². The van der Waals surface area contributed by atoms with Crippen LogP contribution in [-0.4, -0.2) is 12.3 Å². The number of hydrogen-bond acceptors (Lipinski definition) is 3. The lowest BCUT2D eigenvalue weighted by molar-refractivity contribution is 0.705. The van der Waals surface area contributed by atoms with Gasteiger partial charge in [0.15, 0.2) is 0 Å². The number of nitrogens with one attached hydrogen (secondary N) is 1. The Bertz CT molecular complexity index is 312. The van der Waals surface area contributed by atoms with Gasteiger partial charge in [-0.3, -0.25) is 0 Å². The summed E-state index contributed by atoms with van der Waals surface area (Å²) in [4.78, 5) is 1.21. The summed E-state index contributed by atoms with van der Waals surface area (Å²) in [6, 6.07) is 6.05. The van der Waals surface area contributed by atoms with Crippen molar-refractivity contribution in [1.29, 1.82) is 0 Å². The number of nitrogens with two attached hydrogens (primary N) is 1. The molecule has 0 saturated heterocycles. The fraction of sp³-hybridized carbons (Fsp3) is 0.400. The molecule has 1 aromatic carbocycles. The first-order valence-electron chi connectivity index (χ1n) is 4.52. The third kappa shape index (κ3) is 1.75. The largest absolute Gasteiger partial charge is 0.398 e. The Morgan fingerprint density at radius 1 is 1.54 bits per heavy atom. The molecular formula is C10H14N2S. The van der Waals surface area contributed by atoms with Crippen LogP contribution < -0.4 is 11.1 Å². The van der Waals surface area contributed by atoms with E-state index in [0.29, 0.717) is 5.92 Å². The average molecular weight is 194 g/mol. The van der Waals surface area contributed by atoms with Gasteiger partial charge in [0.1, 0.15) is 0 Å². The molecule has 3 N–H and O–H groups in total. The summed E-state index contributed by atoms with van der Waals surface area (Å²) in [5.41, 5.74) is 7.98. The van der Waals surface area contributed by atoms with Gasteiger partial charge in [-0.05, 0) is 18.1 Å². The van der Waals surface area contributed by atoms with Crippen LogP contribution in [0, 0.1) is 5.92 Å². The molecule has 0 spiro atoms. The van der Waals surface area contributed by atoms with Crippen LogP contribution in [0.15, 0.2) is 23.1 Å². The smallest absolute Gasteiger partial charge is 0.0534 e. The summed E-state index contributed by atoms with van der Waals surface area (Å²) < 4.78 is 0. The molecule has 0 saturated carbocycles. The second kappa shape index (κ2) is 3.50. The van der Waals surface area contributed by atoms with Gasteiger partial charge in [-0.15, -0.1) is 11.8 Å². The van der Waals surface area contributed by atoms with E-state index < -0.39 is 0 Å². The molecule has 0 bridgehead atoms. The van der Waals surface area contributed by atoms with E-state index in [-0.39, 0.29) is 0 Å². The highest BCUT2D eigenvalue weighted by molar-refractivity contribution is 7.99. The molecule has 1 aliphatic heterocycles. The molecule has 1 aliphatic rings. The second-order valence-corrected chi connectivity index (χ2v) is 4.55. The van der Waals surface area contributed by atoms with Crippen LogP contribution in [0.25, 0.3) is 0 Å². The molecule has 0 aromatic heterocycles. The van der Waals surface area contributed by atoms with Crippen molar-refractivity contribution < 1.29 is 0 Å². The summed E-state index contributed by atoms with van der Waals surface area (Å²) in [6.45, 7) is 3.30. The molecule has 0 fully saturated rings. The number of rotatable bonds is 0. The van der Waals surface area contributed by atoms with Gasteiger partial charge in [-0.2, -0.15) is 0 Å².